The van der Waals surface area contributed by atoms with Crippen molar-refractivity contribution in [2.24, 2.45) is 16.0 Å². The molecule has 0 amide bonds. The Kier molecular flexibility index (Phi) is 8.71. The topological polar surface area (TPSA) is 50.7 Å². The van der Waals surface area contributed by atoms with E-state index in [2.05, 4.69) is 16.8 Å². The smallest absolute Gasteiger partial charge is 0.0603 e. The van der Waals surface area contributed by atoms with Crippen molar-refractivity contribution in [1.82, 2.24) is 0 Å². The van der Waals surface area contributed by atoms with Crippen LogP contribution in [0.5, 0.6) is 0 Å². The molecular weight excluding hydrogens is 138 g/mol. The minimum absolute atomic E-state index is 0.800. The molecule has 0 aliphatic heterocycles. The number of nitrogens with two attached hydrogens (primary N) is 1. The lowest BCUT2D eigenvalue weighted by Gasteiger charge is -1.94. The monoisotopic (exact) mass is 155 g/mol. The van der Waals surface area contributed by atoms with Gasteiger partial charge >= 0.3 is 0 Å². The molecule has 0 aromatic rings. The number of nitrogens with zero attached hydrogens (tertiary/aromatic N) is 2. The predicted octanol–water partition coefficient (Wildman–Crippen LogP) is 2.10. The van der Waals surface area contributed by atoms with Crippen LogP contribution in [-0.4, -0.2) is 13.1 Å². The molecule has 0 aliphatic carbocycles. The van der Waals surface area contributed by atoms with Crippen LogP contribution in [-0.2, 0) is 0 Å². The summed E-state index contributed by atoms with van der Waals surface area (Å²) in [6.07, 6.45) is 6.10. The Morgan fingerprint density at radius 1 is 1.18 bits per heavy atom. The Labute approximate surface area is 68.4 Å². The number of azo groups is 1. The van der Waals surface area contributed by atoms with E-state index in [4.69, 9.17) is 5.73 Å². The van der Waals surface area contributed by atoms with Crippen molar-refractivity contribution in [1.29, 1.82) is 0 Å². The zero-order chi connectivity index (χ0) is 8.36. The van der Waals surface area contributed by atoms with Gasteiger partial charge in [-0.1, -0.05) is 19.4 Å². The maximum Gasteiger partial charge on any atom is 0.0603 e. The fraction of sp³-hybridized carbons (Fsp3) is 0.750. The second-order valence-electron chi connectivity index (χ2n) is 2.37. The van der Waals surface area contributed by atoms with Gasteiger partial charge in [-0.25, -0.2) is 0 Å². The summed E-state index contributed by atoms with van der Waals surface area (Å²) >= 11 is 0. The van der Waals surface area contributed by atoms with E-state index in [1.54, 1.807) is 0 Å². The molecule has 64 valence electrons. The second kappa shape index (κ2) is 9.30. The van der Waals surface area contributed by atoms with Crippen molar-refractivity contribution in [2.45, 2.75) is 25.7 Å². The predicted molar refractivity (Wildman–Crippen MR) is 47.4 cm³/mol. The molecule has 0 radical (unpaired) electrons. The van der Waals surface area contributed by atoms with Crippen LogP contribution >= 0.6 is 0 Å². The Morgan fingerprint density at radius 3 is 2.55 bits per heavy atom. The van der Waals surface area contributed by atoms with Gasteiger partial charge in [0.05, 0.1) is 6.54 Å². The number of unbranched alkanes of at least 4 members (excludes halogenated alkanes) is 3. The van der Waals surface area contributed by atoms with Gasteiger partial charge < -0.3 is 5.73 Å². The summed E-state index contributed by atoms with van der Waals surface area (Å²) in [5, 5.41) is 7.52. The summed E-state index contributed by atoms with van der Waals surface area (Å²) in [6.45, 7) is 5.05. The van der Waals surface area contributed by atoms with Crippen LogP contribution < -0.4 is 5.73 Å². The molecule has 0 saturated heterocycles. The van der Waals surface area contributed by atoms with Gasteiger partial charge in [-0.15, -0.1) is 0 Å². The third-order valence-corrected chi connectivity index (χ3v) is 1.38. The molecule has 11 heavy (non-hydrogen) atoms. The fourth-order valence-corrected chi connectivity index (χ4v) is 0.796. The van der Waals surface area contributed by atoms with Crippen molar-refractivity contribution >= 4 is 0 Å². The normalized spacial score (nSPS) is 10.6. The maximum atomic E-state index is 5.34. The van der Waals surface area contributed by atoms with Crippen LogP contribution in [0.25, 0.3) is 0 Å². The fourth-order valence-electron chi connectivity index (χ4n) is 0.796. The zero-order valence-corrected chi connectivity index (χ0v) is 7.00. The quantitative estimate of drug-likeness (QED) is 0.444. The van der Waals surface area contributed by atoms with Gasteiger partial charge in [-0.3, -0.25) is 0 Å². The average Bonchev–Trinajstić information content (AvgIpc) is 2.03. The van der Waals surface area contributed by atoms with E-state index in [0.29, 0.717) is 0 Å². The molecule has 2 N–H and O–H groups in total. The van der Waals surface area contributed by atoms with E-state index in [9.17, 15) is 0 Å². The Bertz CT molecular complexity index is 110. The molecule has 0 spiro atoms. The van der Waals surface area contributed by atoms with Gasteiger partial charge in [0, 0.05) is 6.20 Å². The lowest BCUT2D eigenvalue weighted by Crippen LogP contribution is -1.97. The van der Waals surface area contributed by atoms with E-state index in [1.165, 1.54) is 19.0 Å². The molecule has 0 aromatic carbocycles. The molecule has 0 aliphatic rings. The molecule has 0 atom stereocenters. The van der Waals surface area contributed by atoms with Gasteiger partial charge in [0.25, 0.3) is 0 Å². The second-order valence-corrected chi connectivity index (χ2v) is 2.37. The van der Waals surface area contributed by atoms with Crippen LogP contribution in [0.15, 0.2) is 23.0 Å². The van der Waals surface area contributed by atoms with Crippen LogP contribution in [0.3, 0.4) is 0 Å². The lowest BCUT2D eigenvalue weighted by atomic mass is 10.2. The molecule has 0 fully saturated rings. The highest BCUT2D eigenvalue weighted by Crippen LogP contribution is 1.98. The molecule has 0 rings (SSSR count). The van der Waals surface area contributed by atoms with Gasteiger partial charge in [0.15, 0.2) is 0 Å². The van der Waals surface area contributed by atoms with Crippen LogP contribution in [0.1, 0.15) is 25.7 Å². The molecule has 0 aromatic heterocycles. The SMILES string of the molecule is C=CN=NCCCCCCN. The first-order valence-electron chi connectivity index (χ1n) is 4.09. The van der Waals surface area contributed by atoms with Crippen LogP contribution in [0, 0.1) is 0 Å². The van der Waals surface area contributed by atoms with Crippen molar-refractivity contribution in [3.8, 4) is 0 Å². The Hall–Kier alpha value is -0.700. The maximum absolute atomic E-state index is 5.34. The minimum Gasteiger partial charge on any atom is -0.330 e. The summed E-state index contributed by atoms with van der Waals surface area (Å²) in [5.41, 5.74) is 5.34. The summed E-state index contributed by atoms with van der Waals surface area (Å²) < 4.78 is 0. The Morgan fingerprint density at radius 2 is 1.91 bits per heavy atom. The standard InChI is InChI=1S/C8H17N3/c1-2-10-11-8-6-4-3-5-7-9/h2H,1,3-9H2. The van der Waals surface area contributed by atoms with Crippen molar-refractivity contribution in [2.75, 3.05) is 13.1 Å². The average molecular weight is 155 g/mol. The first-order chi connectivity index (χ1) is 5.41. The number of hydrogen-bond donors (Lipinski definition) is 1. The van der Waals surface area contributed by atoms with Crippen molar-refractivity contribution < 1.29 is 0 Å². The van der Waals surface area contributed by atoms with Crippen molar-refractivity contribution in [3.63, 3.8) is 0 Å². The minimum atomic E-state index is 0.800. The van der Waals surface area contributed by atoms with E-state index in [0.717, 1.165) is 25.9 Å². The molecule has 0 heterocycles. The van der Waals surface area contributed by atoms with E-state index in [1.807, 2.05) is 0 Å². The summed E-state index contributed by atoms with van der Waals surface area (Å²) in [4.78, 5) is 0. The molecule has 3 heteroatoms. The third kappa shape index (κ3) is 9.30. The molecule has 0 bridgehead atoms. The van der Waals surface area contributed by atoms with E-state index < -0.39 is 0 Å². The Balaban J connectivity index is 2.90. The lowest BCUT2D eigenvalue weighted by molar-refractivity contribution is 0.646. The van der Waals surface area contributed by atoms with E-state index in [-0.39, 0.29) is 0 Å². The molecular formula is C8H17N3. The van der Waals surface area contributed by atoms with E-state index >= 15 is 0 Å². The van der Waals surface area contributed by atoms with Gasteiger partial charge in [-0.05, 0) is 19.4 Å². The highest BCUT2D eigenvalue weighted by atomic mass is 15.1. The van der Waals surface area contributed by atoms with Crippen LogP contribution in [0.2, 0.25) is 0 Å². The summed E-state index contributed by atoms with van der Waals surface area (Å²) in [5.74, 6) is 0. The molecule has 0 unspecified atom stereocenters. The number of rotatable bonds is 7. The van der Waals surface area contributed by atoms with Gasteiger partial charge in [0.2, 0.25) is 0 Å². The molecule has 0 saturated carbocycles. The first-order valence-corrected chi connectivity index (χ1v) is 4.09. The largest absolute Gasteiger partial charge is 0.330 e. The highest BCUT2D eigenvalue weighted by molar-refractivity contribution is 4.57. The first kappa shape index (κ1) is 10.3. The number of hydrogen-bond acceptors (Lipinski definition) is 3. The van der Waals surface area contributed by atoms with Crippen molar-refractivity contribution in [3.05, 3.63) is 12.8 Å². The highest BCUT2D eigenvalue weighted by Gasteiger charge is 1.86. The third-order valence-electron chi connectivity index (χ3n) is 1.38. The zero-order valence-electron chi connectivity index (χ0n) is 7.00. The summed E-state index contributed by atoms with van der Waals surface area (Å²) in [7, 11) is 0. The van der Waals surface area contributed by atoms with Crippen LogP contribution in [0.4, 0.5) is 0 Å². The van der Waals surface area contributed by atoms with Gasteiger partial charge in [-0.2, -0.15) is 10.2 Å². The molecule has 3 nitrogen and oxygen atoms in total. The van der Waals surface area contributed by atoms with Gasteiger partial charge in [0.1, 0.15) is 0 Å². The summed E-state index contributed by atoms with van der Waals surface area (Å²) in [6, 6.07) is 0.